The predicted octanol–water partition coefficient (Wildman–Crippen LogP) is 1.39. The van der Waals surface area contributed by atoms with Crippen LogP contribution < -0.4 is 10.6 Å². The Morgan fingerprint density at radius 3 is 2.78 bits per heavy atom. The van der Waals surface area contributed by atoms with Crippen LogP contribution in [-0.4, -0.2) is 33.1 Å². The normalized spacial score (nSPS) is 10.3. The van der Waals surface area contributed by atoms with Crippen molar-refractivity contribution < 1.29 is 0 Å². The van der Waals surface area contributed by atoms with Crippen molar-refractivity contribution in [1.82, 2.24) is 19.5 Å². The Bertz CT molecular complexity index is 479. The van der Waals surface area contributed by atoms with E-state index in [0.717, 1.165) is 36.7 Å². The third-order valence-corrected chi connectivity index (χ3v) is 2.76. The van der Waals surface area contributed by atoms with Crippen LogP contribution in [0, 0.1) is 0 Å². The summed E-state index contributed by atoms with van der Waals surface area (Å²) >= 11 is 0. The summed E-state index contributed by atoms with van der Waals surface area (Å²) in [4.78, 5) is 12.5. The average molecular weight is 246 g/mol. The smallest absolute Gasteiger partial charge is 0.134 e. The topological polar surface area (TPSA) is 67.7 Å². The van der Waals surface area contributed by atoms with Crippen LogP contribution in [0.15, 0.2) is 25.0 Å². The van der Waals surface area contributed by atoms with E-state index in [9.17, 15) is 0 Å². The van der Waals surface area contributed by atoms with Gasteiger partial charge in [-0.15, -0.1) is 0 Å². The Hall–Kier alpha value is -2.11. The van der Waals surface area contributed by atoms with Crippen molar-refractivity contribution >= 4 is 11.6 Å². The minimum absolute atomic E-state index is 0.809. The molecular weight excluding hydrogens is 228 g/mol. The molecule has 0 saturated carbocycles. The lowest BCUT2D eigenvalue weighted by Gasteiger charge is -2.12. The first-order valence-corrected chi connectivity index (χ1v) is 6.06. The van der Waals surface area contributed by atoms with Gasteiger partial charge in [-0.1, -0.05) is 6.92 Å². The van der Waals surface area contributed by atoms with E-state index in [1.165, 1.54) is 0 Å². The van der Waals surface area contributed by atoms with Gasteiger partial charge >= 0.3 is 0 Å². The Kier molecular flexibility index (Phi) is 4.11. The van der Waals surface area contributed by atoms with Gasteiger partial charge in [-0.2, -0.15) is 0 Å². The number of anilines is 2. The molecule has 2 heterocycles. The van der Waals surface area contributed by atoms with Gasteiger partial charge in [0.2, 0.25) is 0 Å². The van der Waals surface area contributed by atoms with Crippen LogP contribution >= 0.6 is 0 Å². The molecule has 18 heavy (non-hydrogen) atoms. The Balaban J connectivity index is 2.00. The van der Waals surface area contributed by atoms with Gasteiger partial charge in [0.25, 0.3) is 0 Å². The van der Waals surface area contributed by atoms with E-state index in [-0.39, 0.29) is 0 Å². The molecule has 2 aromatic heterocycles. The van der Waals surface area contributed by atoms with Gasteiger partial charge in [-0.25, -0.2) is 15.0 Å². The highest BCUT2D eigenvalue weighted by Crippen LogP contribution is 2.19. The summed E-state index contributed by atoms with van der Waals surface area (Å²) in [6.45, 7) is 3.77. The number of nitrogens with zero attached hydrogens (tertiary/aromatic N) is 4. The fourth-order valence-electron chi connectivity index (χ4n) is 1.84. The lowest BCUT2D eigenvalue weighted by atomic mass is 10.2. The molecule has 0 spiro atoms. The van der Waals surface area contributed by atoms with Crippen LogP contribution in [0.4, 0.5) is 11.6 Å². The molecule has 0 atom stereocenters. The average Bonchev–Trinajstić information content (AvgIpc) is 2.91. The Morgan fingerprint density at radius 1 is 1.28 bits per heavy atom. The fourth-order valence-corrected chi connectivity index (χ4v) is 1.84. The third kappa shape index (κ3) is 2.77. The molecule has 0 saturated heterocycles. The second-order valence-corrected chi connectivity index (χ2v) is 3.88. The molecule has 96 valence electrons. The quantitative estimate of drug-likeness (QED) is 0.806. The van der Waals surface area contributed by atoms with E-state index < -0.39 is 0 Å². The first kappa shape index (κ1) is 12.3. The lowest BCUT2D eigenvalue weighted by molar-refractivity contribution is 0.724. The van der Waals surface area contributed by atoms with Crippen LogP contribution in [-0.2, 0) is 13.0 Å². The van der Waals surface area contributed by atoms with Gasteiger partial charge < -0.3 is 15.2 Å². The molecule has 0 fully saturated rings. The van der Waals surface area contributed by atoms with Crippen molar-refractivity contribution in [2.75, 3.05) is 24.2 Å². The second kappa shape index (κ2) is 6.00. The summed E-state index contributed by atoms with van der Waals surface area (Å²) in [5.74, 6) is 1.79. The number of hydrogen-bond donors (Lipinski definition) is 2. The van der Waals surface area contributed by atoms with Gasteiger partial charge in [-0.05, 0) is 6.42 Å². The van der Waals surface area contributed by atoms with E-state index >= 15 is 0 Å². The summed E-state index contributed by atoms with van der Waals surface area (Å²) in [5.41, 5.74) is 1.12. The van der Waals surface area contributed by atoms with E-state index in [4.69, 9.17) is 0 Å². The summed E-state index contributed by atoms with van der Waals surface area (Å²) in [6, 6.07) is 0. The first-order valence-electron chi connectivity index (χ1n) is 6.06. The molecule has 6 heteroatoms. The van der Waals surface area contributed by atoms with Gasteiger partial charge in [0.1, 0.15) is 18.0 Å². The number of imidazole rings is 1. The first-order chi connectivity index (χ1) is 8.85. The molecule has 0 aliphatic carbocycles. The minimum atomic E-state index is 0.809. The summed E-state index contributed by atoms with van der Waals surface area (Å²) < 4.78 is 2.03. The Morgan fingerprint density at radius 2 is 2.11 bits per heavy atom. The van der Waals surface area contributed by atoms with E-state index in [2.05, 4.69) is 32.5 Å². The zero-order valence-corrected chi connectivity index (χ0v) is 10.7. The molecular formula is C12H18N6. The van der Waals surface area contributed by atoms with Crippen LogP contribution in [0.25, 0.3) is 0 Å². The highest BCUT2D eigenvalue weighted by Gasteiger charge is 2.07. The maximum atomic E-state index is 4.29. The van der Waals surface area contributed by atoms with Crippen molar-refractivity contribution in [3.05, 3.63) is 30.6 Å². The van der Waals surface area contributed by atoms with Gasteiger partial charge in [-0.3, -0.25) is 0 Å². The van der Waals surface area contributed by atoms with Crippen LogP contribution in [0.3, 0.4) is 0 Å². The second-order valence-electron chi connectivity index (χ2n) is 3.88. The van der Waals surface area contributed by atoms with Gasteiger partial charge in [0, 0.05) is 38.1 Å². The van der Waals surface area contributed by atoms with E-state index in [0.29, 0.717) is 0 Å². The maximum absolute atomic E-state index is 4.29. The zero-order valence-electron chi connectivity index (χ0n) is 10.7. The monoisotopic (exact) mass is 246 g/mol. The molecule has 0 radical (unpaired) electrons. The molecule has 2 N–H and O–H groups in total. The molecule has 0 amide bonds. The molecule has 0 aromatic carbocycles. The van der Waals surface area contributed by atoms with Crippen molar-refractivity contribution in [2.45, 2.75) is 19.9 Å². The highest BCUT2D eigenvalue weighted by molar-refractivity contribution is 5.56. The van der Waals surface area contributed by atoms with Crippen molar-refractivity contribution in [2.24, 2.45) is 0 Å². The molecule has 2 aromatic rings. The third-order valence-electron chi connectivity index (χ3n) is 2.76. The maximum Gasteiger partial charge on any atom is 0.134 e. The minimum Gasteiger partial charge on any atom is -0.373 e. The SMILES string of the molecule is CCc1c(NC)ncnc1NCCn1ccnc1. The van der Waals surface area contributed by atoms with Crippen LogP contribution in [0.5, 0.6) is 0 Å². The lowest BCUT2D eigenvalue weighted by Crippen LogP contribution is -2.13. The summed E-state index contributed by atoms with van der Waals surface area (Å²) in [7, 11) is 1.87. The van der Waals surface area contributed by atoms with Gasteiger partial charge in [0.05, 0.1) is 6.33 Å². The molecule has 0 aliphatic heterocycles. The predicted molar refractivity (Wildman–Crippen MR) is 71.7 cm³/mol. The summed E-state index contributed by atoms with van der Waals surface area (Å²) in [6.07, 6.45) is 8.00. The molecule has 6 nitrogen and oxygen atoms in total. The largest absolute Gasteiger partial charge is 0.373 e. The van der Waals surface area contributed by atoms with Crippen molar-refractivity contribution in [3.63, 3.8) is 0 Å². The molecule has 0 unspecified atom stereocenters. The van der Waals surface area contributed by atoms with Crippen molar-refractivity contribution in [1.29, 1.82) is 0 Å². The van der Waals surface area contributed by atoms with Crippen LogP contribution in [0.1, 0.15) is 12.5 Å². The fraction of sp³-hybridized carbons (Fsp3) is 0.417. The number of nitrogens with one attached hydrogen (secondary N) is 2. The number of aromatic nitrogens is 4. The molecule has 2 rings (SSSR count). The molecule has 0 aliphatic rings. The number of hydrogen-bond acceptors (Lipinski definition) is 5. The highest BCUT2D eigenvalue weighted by atomic mass is 15.1. The van der Waals surface area contributed by atoms with Gasteiger partial charge in [0.15, 0.2) is 0 Å². The Labute approximate surface area is 106 Å². The molecule has 0 bridgehead atoms. The standard InChI is InChI=1S/C12H18N6/c1-3-10-11(13-2)16-8-17-12(10)15-5-7-18-6-4-14-9-18/h4,6,8-9H,3,5,7H2,1-2H3,(H2,13,15,16,17). The van der Waals surface area contributed by atoms with E-state index in [1.54, 1.807) is 18.9 Å². The van der Waals surface area contributed by atoms with Crippen LogP contribution in [0.2, 0.25) is 0 Å². The summed E-state index contributed by atoms with van der Waals surface area (Å²) in [5, 5.41) is 6.42. The zero-order chi connectivity index (χ0) is 12.8. The van der Waals surface area contributed by atoms with E-state index in [1.807, 2.05) is 17.8 Å². The van der Waals surface area contributed by atoms with Crippen molar-refractivity contribution in [3.8, 4) is 0 Å². The number of rotatable bonds is 6.